The van der Waals surface area contributed by atoms with Crippen LogP contribution >= 0.6 is 11.8 Å². The van der Waals surface area contributed by atoms with E-state index in [0.29, 0.717) is 34.5 Å². The maximum Gasteiger partial charge on any atom is 0.288 e. The molecule has 19 heavy (non-hydrogen) atoms. The van der Waals surface area contributed by atoms with Crippen LogP contribution < -0.4 is 5.32 Å². The highest BCUT2D eigenvalue weighted by molar-refractivity contribution is 7.99. The zero-order chi connectivity index (χ0) is 13.8. The lowest BCUT2D eigenvalue weighted by molar-refractivity contribution is 0.252. The zero-order valence-electron chi connectivity index (χ0n) is 11.4. The first-order valence-corrected chi connectivity index (χ1v) is 7.75. The Morgan fingerprint density at radius 1 is 1.11 bits per heavy atom. The summed E-state index contributed by atoms with van der Waals surface area (Å²) < 4.78 is 24.5. The highest BCUT2D eigenvalue weighted by Crippen LogP contribution is 2.32. The lowest BCUT2D eigenvalue weighted by atomic mass is 9.78. The van der Waals surface area contributed by atoms with E-state index in [4.69, 9.17) is 0 Å². The molecule has 1 fully saturated rings. The smallest absolute Gasteiger partial charge is 0.288 e. The molecule has 0 aromatic heterocycles. The molecule has 1 aromatic rings. The minimum absolute atomic E-state index is 0.488. The number of rotatable bonds is 4. The molecular weight excluding hydrogens is 264 g/mol. The molecule has 0 amide bonds. The molecule has 0 spiro atoms. The molecule has 0 bridgehead atoms. The molecule has 1 N–H and O–H groups in total. The first kappa shape index (κ1) is 14.6. The van der Waals surface area contributed by atoms with Crippen molar-refractivity contribution in [3.05, 3.63) is 24.3 Å². The van der Waals surface area contributed by atoms with Gasteiger partial charge in [-0.15, -0.1) is 0 Å². The Labute approximate surface area is 118 Å². The fourth-order valence-electron chi connectivity index (χ4n) is 2.89. The third-order valence-corrected chi connectivity index (χ3v) is 4.68. The number of alkyl halides is 2. The van der Waals surface area contributed by atoms with Crippen molar-refractivity contribution in [1.82, 2.24) is 0 Å². The van der Waals surface area contributed by atoms with Gasteiger partial charge in [0.05, 0.1) is 0 Å². The van der Waals surface area contributed by atoms with E-state index in [0.717, 1.165) is 5.69 Å². The van der Waals surface area contributed by atoms with Crippen LogP contribution in [0.1, 0.15) is 33.1 Å². The van der Waals surface area contributed by atoms with Gasteiger partial charge in [0, 0.05) is 16.6 Å². The molecule has 106 valence electrons. The molecule has 1 nitrogen and oxygen atoms in total. The number of benzene rings is 1. The third kappa shape index (κ3) is 4.10. The third-order valence-electron chi connectivity index (χ3n) is 3.96. The number of anilines is 1. The fourth-order valence-corrected chi connectivity index (χ4v) is 3.39. The van der Waals surface area contributed by atoms with Gasteiger partial charge in [-0.2, -0.15) is 8.78 Å². The minimum Gasteiger partial charge on any atom is -0.382 e. The molecule has 1 aliphatic rings. The van der Waals surface area contributed by atoms with Crippen LogP contribution in [-0.4, -0.2) is 11.8 Å². The van der Waals surface area contributed by atoms with Crippen molar-refractivity contribution in [3.8, 4) is 0 Å². The predicted molar refractivity (Wildman–Crippen MR) is 77.9 cm³/mol. The van der Waals surface area contributed by atoms with Gasteiger partial charge in [0.2, 0.25) is 0 Å². The van der Waals surface area contributed by atoms with E-state index in [1.54, 1.807) is 12.1 Å². The summed E-state index contributed by atoms with van der Waals surface area (Å²) in [5.41, 5.74) is 1.03. The lowest BCUT2D eigenvalue weighted by Gasteiger charge is -2.35. The summed E-state index contributed by atoms with van der Waals surface area (Å²) in [7, 11) is 0. The maximum atomic E-state index is 12.2. The van der Waals surface area contributed by atoms with Gasteiger partial charge in [-0.05, 0) is 48.9 Å². The van der Waals surface area contributed by atoms with Crippen LogP contribution in [0.2, 0.25) is 0 Å². The molecule has 1 aromatic carbocycles. The van der Waals surface area contributed by atoms with Crippen LogP contribution in [0.15, 0.2) is 29.2 Å². The van der Waals surface area contributed by atoms with Gasteiger partial charge in [-0.25, -0.2) is 0 Å². The number of thioether (sulfide) groups is 1. The van der Waals surface area contributed by atoms with E-state index < -0.39 is 5.76 Å². The van der Waals surface area contributed by atoms with E-state index in [-0.39, 0.29) is 0 Å². The Morgan fingerprint density at radius 2 is 1.68 bits per heavy atom. The Balaban J connectivity index is 1.98. The van der Waals surface area contributed by atoms with E-state index in [2.05, 4.69) is 19.2 Å². The van der Waals surface area contributed by atoms with Gasteiger partial charge in [0.25, 0.3) is 5.76 Å². The summed E-state index contributed by atoms with van der Waals surface area (Å²) in [6.45, 7) is 4.57. The lowest BCUT2D eigenvalue weighted by Crippen LogP contribution is -2.36. The van der Waals surface area contributed by atoms with Gasteiger partial charge in [0.1, 0.15) is 0 Å². The molecule has 0 saturated heterocycles. The largest absolute Gasteiger partial charge is 0.382 e. The molecule has 4 heteroatoms. The summed E-state index contributed by atoms with van der Waals surface area (Å²) in [6.07, 6.45) is 3.84. The minimum atomic E-state index is -2.35. The van der Waals surface area contributed by atoms with Crippen LogP contribution in [0.4, 0.5) is 14.5 Å². The van der Waals surface area contributed by atoms with Crippen molar-refractivity contribution in [1.29, 1.82) is 0 Å². The average molecular weight is 285 g/mol. The van der Waals surface area contributed by atoms with Crippen molar-refractivity contribution >= 4 is 17.4 Å². The summed E-state index contributed by atoms with van der Waals surface area (Å²) in [6, 6.07) is 7.81. The van der Waals surface area contributed by atoms with Gasteiger partial charge >= 0.3 is 0 Å². The molecular formula is C15H21F2NS. The predicted octanol–water partition coefficient (Wildman–Crippen LogP) is 5.24. The fraction of sp³-hybridized carbons (Fsp3) is 0.600. The second-order valence-electron chi connectivity index (χ2n) is 5.46. The van der Waals surface area contributed by atoms with E-state index in [9.17, 15) is 8.78 Å². The Bertz CT molecular complexity index is 384. The second kappa shape index (κ2) is 6.60. The van der Waals surface area contributed by atoms with Crippen LogP contribution in [0.25, 0.3) is 0 Å². The molecule has 0 radical (unpaired) electrons. The first-order valence-electron chi connectivity index (χ1n) is 6.87. The molecule has 2 unspecified atom stereocenters. The van der Waals surface area contributed by atoms with Crippen molar-refractivity contribution in [2.24, 2.45) is 11.8 Å². The zero-order valence-corrected chi connectivity index (χ0v) is 12.2. The standard InChI is InChI=1S/C15H21F2NS/c1-10-4-3-5-11(2)14(10)18-12-6-8-13(9-7-12)19-15(16)17/h6-11,14-15,18H,3-5H2,1-2H3. The van der Waals surface area contributed by atoms with Crippen molar-refractivity contribution in [2.45, 2.75) is 49.8 Å². The molecule has 0 heterocycles. The highest BCUT2D eigenvalue weighted by atomic mass is 32.2. The maximum absolute atomic E-state index is 12.2. The summed E-state index contributed by atoms with van der Waals surface area (Å²) >= 11 is 0.593. The SMILES string of the molecule is CC1CCCC(C)C1Nc1ccc(SC(F)F)cc1. The van der Waals surface area contributed by atoms with Crippen LogP contribution in [0, 0.1) is 11.8 Å². The van der Waals surface area contributed by atoms with E-state index >= 15 is 0 Å². The van der Waals surface area contributed by atoms with Gasteiger partial charge < -0.3 is 5.32 Å². The number of nitrogens with one attached hydrogen (secondary N) is 1. The highest BCUT2D eigenvalue weighted by Gasteiger charge is 2.27. The monoisotopic (exact) mass is 285 g/mol. The normalized spacial score (nSPS) is 27.5. The summed E-state index contributed by atoms with van der Waals surface area (Å²) in [4.78, 5) is 0.616. The quantitative estimate of drug-likeness (QED) is 0.759. The molecule has 1 saturated carbocycles. The van der Waals surface area contributed by atoms with Gasteiger partial charge in [-0.1, -0.05) is 32.0 Å². The first-order chi connectivity index (χ1) is 9.06. The van der Waals surface area contributed by atoms with Crippen LogP contribution in [0.3, 0.4) is 0 Å². The second-order valence-corrected chi connectivity index (χ2v) is 6.52. The summed E-state index contributed by atoms with van der Waals surface area (Å²) in [5, 5.41) is 3.56. The van der Waals surface area contributed by atoms with E-state index in [1.165, 1.54) is 19.3 Å². The van der Waals surface area contributed by atoms with Crippen molar-refractivity contribution in [3.63, 3.8) is 0 Å². The topological polar surface area (TPSA) is 12.0 Å². The van der Waals surface area contributed by atoms with Crippen molar-refractivity contribution in [2.75, 3.05) is 5.32 Å². The number of halogens is 2. The Morgan fingerprint density at radius 3 is 2.21 bits per heavy atom. The molecule has 2 rings (SSSR count). The number of hydrogen-bond donors (Lipinski definition) is 1. The molecule has 0 aliphatic heterocycles. The Kier molecular flexibility index (Phi) is 5.08. The molecule has 1 aliphatic carbocycles. The van der Waals surface area contributed by atoms with Gasteiger partial charge in [-0.3, -0.25) is 0 Å². The van der Waals surface area contributed by atoms with E-state index in [1.807, 2.05) is 12.1 Å². The Hall–Kier alpha value is -0.770. The summed E-state index contributed by atoms with van der Waals surface area (Å²) in [5.74, 6) is -1.02. The number of hydrogen-bond acceptors (Lipinski definition) is 2. The average Bonchev–Trinajstić information content (AvgIpc) is 2.35. The molecule has 2 atom stereocenters. The van der Waals surface area contributed by atoms with Crippen molar-refractivity contribution < 1.29 is 8.78 Å². The van der Waals surface area contributed by atoms with Crippen LogP contribution in [-0.2, 0) is 0 Å². The van der Waals surface area contributed by atoms with Gasteiger partial charge in [0.15, 0.2) is 0 Å². The van der Waals surface area contributed by atoms with Crippen LogP contribution in [0.5, 0.6) is 0 Å².